The van der Waals surface area contributed by atoms with E-state index in [-0.39, 0.29) is 4.83 Å². The highest BCUT2D eigenvalue weighted by molar-refractivity contribution is 9.10. The van der Waals surface area contributed by atoms with Crippen molar-refractivity contribution < 1.29 is 4.79 Å². The van der Waals surface area contributed by atoms with Gasteiger partial charge in [0.1, 0.15) is 0 Å². The van der Waals surface area contributed by atoms with Gasteiger partial charge in [0.25, 0.3) is 0 Å². The molecule has 0 N–H and O–H groups in total. The van der Waals surface area contributed by atoms with Gasteiger partial charge in [0.05, 0.1) is 4.83 Å². The zero-order valence-electron chi connectivity index (χ0n) is 8.92. The predicted octanol–water partition coefficient (Wildman–Crippen LogP) is 2.42. The minimum atomic E-state index is 0.0884. The van der Waals surface area contributed by atoms with Crippen LogP contribution in [-0.4, -0.2) is 28.7 Å². The molecule has 1 heterocycles. The van der Waals surface area contributed by atoms with E-state index < -0.39 is 0 Å². The largest absolute Gasteiger partial charge is 0.341 e. The van der Waals surface area contributed by atoms with Crippen molar-refractivity contribution in [3.05, 3.63) is 0 Å². The Bertz CT molecular complexity index is 248. The molecule has 2 aliphatic rings. The molecule has 1 saturated heterocycles. The number of likely N-dealkylation sites (tertiary alicyclic amines) is 1. The molecule has 2 rings (SSSR count). The number of hydrogen-bond acceptors (Lipinski definition) is 1. The summed E-state index contributed by atoms with van der Waals surface area (Å²) in [5.41, 5.74) is 0.465. The summed E-state index contributed by atoms with van der Waals surface area (Å²) in [6.07, 6.45) is 3.59. The van der Waals surface area contributed by atoms with E-state index in [1.165, 1.54) is 12.8 Å². The molecule has 1 aliphatic carbocycles. The van der Waals surface area contributed by atoms with Crippen molar-refractivity contribution in [2.75, 3.05) is 13.1 Å². The summed E-state index contributed by atoms with van der Waals surface area (Å²) in [7, 11) is 0. The van der Waals surface area contributed by atoms with Gasteiger partial charge in [-0.1, -0.05) is 29.8 Å². The van der Waals surface area contributed by atoms with Crippen LogP contribution in [0.25, 0.3) is 0 Å². The zero-order chi connectivity index (χ0) is 10.3. The first-order valence-electron chi connectivity index (χ1n) is 5.48. The third-order valence-corrected chi connectivity index (χ3v) is 4.70. The fraction of sp³-hybridized carbons (Fsp3) is 0.909. The van der Waals surface area contributed by atoms with Crippen molar-refractivity contribution in [1.29, 1.82) is 0 Å². The summed E-state index contributed by atoms with van der Waals surface area (Å²) in [6, 6.07) is 0. The number of hydrogen-bond donors (Lipinski definition) is 0. The summed E-state index contributed by atoms with van der Waals surface area (Å²) < 4.78 is 0. The number of carbonyl (C=O) groups excluding carboxylic acids is 1. The maximum absolute atomic E-state index is 11.7. The molecule has 0 radical (unpaired) electrons. The summed E-state index contributed by atoms with van der Waals surface area (Å²) in [5.74, 6) is 1.02. The second kappa shape index (κ2) is 3.51. The van der Waals surface area contributed by atoms with E-state index in [0.717, 1.165) is 19.5 Å². The molecule has 2 fully saturated rings. The molecule has 0 aromatic heterocycles. The Labute approximate surface area is 94.2 Å². The molecule has 1 atom stereocenters. The van der Waals surface area contributed by atoms with Crippen molar-refractivity contribution in [2.45, 2.75) is 37.9 Å². The Morgan fingerprint density at radius 2 is 2.21 bits per heavy atom. The van der Waals surface area contributed by atoms with Crippen LogP contribution in [0.15, 0.2) is 0 Å². The molecule has 1 amide bonds. The number of halogens is 1. The molecule has 0 spiro atoms. The Kier molecular flexibility index (Phi) is 2.63. The first-order chi connectivity index (χ1) is 6.55. The van der Waals surface area contributed by atoms with Crippen molar-refractivity contribution in [1.82, 2.24) is 4.90 Å². The van der Waals surface area contributed by atoms with Gasteiger partial charge in [-0.25, -0.2) is 0 Å². The standard InChI is InChI=1S/C11H18BrNO/c1-8(2)11(4-5-11)7-13-6-3-9(12)10(13)14/h8-9H,3-7H2,1-2H3. The lowest BCUT2D eigenvalue weighted by atomic mass is 9.92. The fourth-order valence-electron chi connectivity index (χ4n) is 2.32. The van der Waals surface area contributed by atoms with Gasteiger partial charge in [-0.3, -0.25) is 4.79 Å². The van der Waals surface area contributed by atoms with Crippen LogP contribution < -0.4 is 0 Å². The van der Waals surface area contributed by atoms with Crippen LogP contribution in [-0.2, 0) is 4.79 Å². The van der Waals surface area contributed by atoms with E-state index >= 15 is 0 Å². The summed E-state index contributed by atoms with van der Waals surface area (Å²) in [5, 5.41) is 0. The fourth-order valence-corrected chi connectivity index (χ4v) is 2.81. The topological polar surface area (TPSA) is 20.3 Å². The van der Waals surface area contributed by atoms with E-state index in [2.05, 4.69) is 29.8 Å². The Morgan fingerprint density at radius 3 is 2.57 bits per heavy atom. The molecule has 0 bridgehead atoms. The van der Waals surface area contributed by atoms with E-state index in [9.17, 15) is 4.79 Å². The normalized spacial score (nSPS) is 30.1. The number of amides is 1. The number of rotatable bonds is 3. The highest BCUT2D eigenvalue weighted by Gasteiger charge is 2.48. The van der Waals surface area contributed by atoms with Crippen LogP contribution in [0.5, 0.6) is 0 Å². The van der Waals surface area contributed by atoms with Gasteiger partial charge in [-0.05, 0) is 30.6 Å². The molecular weight excluding hydrogens is 242 g/mol. The van der Waals surface area contributed by atoms with Crippen LogP contribution in [0.4, 0.5) is 0 Å². The number of carbonyl (C=O) groups is 1. The first-order valence-corrected chi connectivity index (χ1v) is 6.40. The average molecular weight is 260 g/mol. The van der Waals surface area contributed by atoms with Gasteiger partial charge >= 0.3 is 0 Å². The summed E-state index contributed by atoms with van der Waals surface area (Å²) >= 11 is 3.42. The third-order valence-electron chi connectivity index (χ3n) is 3.85. The minimum Gasteiger partial charge on any atom is -0.341 e. The molecular formula is C11H18BrNO. The average Bonchev–Trinajstić information content (AvgIpc) is 2.85. The van der Waals surface area contributed by atoms with E-state index in [1.807, 2.05) is 4.90 Å². The monoisotopic (exact) mass is 259 g/mol. The second-order valence-corrected chi connectivity index (χ2v) is 6.14. The Balaban J connectivity index is 1.95. The Morgan fingerprint density at radius 1 is 1.57 bits per heavy atom. The second-order valence-electron chi connectivity index (χ2n) is 5.03. The maximum Gasteiger partial charge on any atom is 0.236 e. The van der Waals surface area contributed by atoms with Crippen molar-refractivity contribution in [3.8, 4) is 0 Å². The molecule has 1 unspecified atom stereocenters. The smallest absolute Gasteiger partial charge is 0.236 e. The zero-order valence-corrected chi connectivity index (χ0v) is 10.5. The van der Waals surface area contributed by atoms with Crippen LogP contribution in [0, 0.1) is 11.3 Å². The molecule has 1 saturated carbocycles. The van der Waals surface area contributed by atoms with Crippen molar-refractivity contribution in [2.24, 2.45) is 11.3 Å². The summed E-state index contributed by atoms with van der Waals surface area (Å²) in [4.78, 5) is 13.8. The molecule has 1 aliphatic heterocycles. The van der Waals surface area contributed by atoms with E-state index in [0.29, 0.717) is 17.2 Å². The van der Waals surface area contributed by atoms with Crippen LogP contribution in [0.1, 0.15) is 33.1 Å². The van der Waals surface area contributed by atoms with Crippen LogP contribution >= 0.6 is 15.9 Å². The maximum atomic E-state index is 11.7. The number of alkyl halides is 1. The van der Waals surface area contributed by atoms with Gasteiger partial charge in [-0.2, -0.15) is 0 Å². The van der Waals surface area contributed by atoms with Gasteiger partial charge in [0.15, 0.2) is 0 Å². The molecule has 0 aromatic carbocycles. The van der Waals surface area contributed by atoms with Crippen molar-refractivity contribution in [3.63, 3.8) is 0 Å². The lowest BCUT2D eigenvalue weighted by Gasteiger charge is -2.26. The molecule has 80 valence electrons. The summed E-state index contributed by atoms with van der Waals surface area (Å²) in [6.45, 7) is 6.49. The Hall–Kier alpha value is -0.0500. The van der Waals surface area contributed by atoms with Gasteiger partial charge in [-0.15, -0.1) is 0 Å². The van der Waals surface area contributed by atoms with Crippen LogP contribution in [0.2, 0.25) is 0 Å². The third kappa shape index (κ3) is 1.71. The first kappa shape index (κ1) is 10.5. The minimum absolute atomic E-state index is 0.0884. The van der Waals surface area contributed by atoms with Gasteiger partial charge in [0.2, 0.25) is 5.91 Å². The van der Waals surface area contributed by atoms with Crippen molar-refractivity contribution >= 4 is 21.8 Å². The highest BCUT2D eigenvalue weighted by Crippen LogP contribution is 2.52. The molecule has 0 aromatic rings. The predicted molar refractivity (Wildman–Crippen MR) is 60.4 cm³/mol. The lowest BCUT2D eigenvalue weighted by Crippen LogP contribution is -2.35. The van der Waals surface area contributed by atoms with Crippen LogP contribution in [0.3, 0.4) is 0 Å². The van der Waals surface area contributed by atoms with E-state index in [1.54, 1.807) is 0 Å². The quantitative estimate of drug-likeness (QED) is 0.714. The van der Waals surface area contributed by atoms with Gasteiger partial charge in [0, 0.05) is 13.1 Å². The van der Waals surface area contributed by atoms with E-state index in [4.69, 9.17) is 0 Å². The molecule has 14 heavy (non-hydrogen) atoms. The molecule has 3 heteroatoms. The lowest BCUT2D eigenvalue weighted by molar-refractivity contribution is -0.128. The van der Waals surface area contributed by atoms with Gasteiger partial charge < -0.3 is 4.90 Å². The number of nitrogens with zero attached hydrogens (tertiary/aromatic N) is 1. The molecule has 2 nitrogen and oxygen atoms in total. The SMILES string of the molecule is CC(C)C1(CN2CCC(Br)C2=O)CC1. The highest BCUT2D eigenvalue weighted by atomic mass is 79.9.